The van der Waals surface area contributed by atoms with Crippen molar-refractivity contribution in [3.05, 3.63) is 95.3 Å². The highest BCUT2D eigenvalue weighted by atomic mass is 16.5. The summed E-state index contributed by atoms with van der Waals surface area (Å²) < 4.78 is 8.40. The molecule has 174 valence electrons. The molecule has 0 saturated heterocycles. The molecule has 1 amide bonds. The summed E-state index contributed by atoms with van der Waals surface area (Å²) in [4.78, 5) is 25.1. The van der Waals surface area contributed by atoms with E-state index in [0.717, 1.165) is 32.9 Å². The molecule has 2 heterocycles. The normalized spacial score (nSPS) is 11.0. The Balaban J connectivity index is 1.88. The minimum atomic E-state index is -0.660. The quantitative estimate of drug-likeness (QED) is 0.394. The SMILES string of the molecule is CCOc1ccc(-n2nc3c(=O)n(CC(N)=O)nc(-c4ccccc4)c3c2-c2ccccc2)cc1. The largest absolute Gasteiger partial charge is 0.494 e. The van der Waals surface area contributed by atoms with Crippen molar-refractivity contribution in [2.24, 2.45) is 5.73 Å². The number of carbonyl (C=O) groups is 1. The first kappa shape index (κ1) is 22.1. The van der Waals surface area contributed by atoms with E-state index in [1.807, 2.05) is 91.9 Å². The smallest absolute Gasteiger partial charge is 0.295 e. The Morgan fingerprint density at radius 3 is 2.11 bits per heavy atom. The van der Waals surface area contributed by atoms with Crippen LogP contribution < -0.4 is 16.0 Å². The van der Waals surface area contributed by atoms with Crippen molar-refractivity contribution in [2.45, 2.75) is 13.5 Å². The van der Waals surface area contributed by atoms with Gasteiger partial charge in [0.05, 0.1) is 23.4 Å². The van der Waals surface area contributed by atoms with Crippen molar-refractivity contribution < 1.29 is 9.53 Å². The summed E-state index contributed by atoms with van der Waals surface area (Å²) in [6, 6.07) is 26.7. The Morgan fingerprint density at radius 1 is 0.886 bits per heavy atom. The Hall–Kier alpha value is -4.72. The van der Waals surface area contributed by atoms with Gasteiger partial charge in [0.2, 0.25) is 5.91 Å². The van der Waals surface area contributed by atoms with E-state index in [0.29, 0.717) is 17.7 Å². The number of amides is 1. The van der Waals surface area contributed by atoms with Crippen LogP contribution in [-0.4, -0.2) is 32.1 Å². The summed E-state index contributed by atoms with van der Waals surface area (Å²) >= 11 is 0. The van der Waals surface area contributed by atoms with Gasteiger partial charge in [-0.15, -0.1) is 0 Å². The highest BCUT2D eigenvalue weighted by Gasteiger charge is 2.24. The van der Waals surface area contributed by atoms with Gasteiger partial charge >= 0.3 is 0 Å². The van der Waals surface area contributed by atoms with Gasteiger partial charge in [0.15, 0.2) is 5.52 Å². The first-order valence-electron chi connectivity index (χ1n) is 11.2. The van der Waals surface area contributed by atoms with Gasteiger partial charge in [0.1, 0.15) is 18.0 Å². The number of rotatable bonds is 7. The summed E-state index contributed by atoms with van der Waals surface area (Å²) in [5.41, 5.74) is 8.80. The minimum Gasteiger partial charge on any atom is -0.494 e. The molecule has 0 bridgehead atoms. The van der Waals surface area contributed by atoms with Gasteiger partial charge in [-0.05, 0) is 31.2 Å². The molecule has 0 fully saturated rings. The van der Waals surface area contributed by atoms with Crippen molar-refractivity contribution in [1.29, 1.82) is 0 Å². The number of hydrogen-bond donors (Lipinski definition) is 1. The van der Waals surface area contributed by atoms with Crippen molar-refractivity contribution in [3.8, 4) is 34.0 Å². The van der Waals surface area contributed by atoms with Crippen LogP contribution in [0.4, 0.5) is 0 Å². The average molecular weight is 466 g/mol. The van der Waals surface area contributed by atoms with E-state index in [4.69, 9.17) is 15.6 Å². The molecule has 5 aromatic rings. The van der Waals surface area contributed by atoms with Gasteiger partial charge in [-0.2, -0.15) is 10.2 Å². The Bertz CT molecular complexity index is 1560. The Labute approximate surface area is 201 Å². The number of hydrogen-bond acceptors (Lipinski definition) is 5. The van der Waals surface area contributed by atoms with E-state index in [2.05, 4.69) is 5.10 Å². The molecule has 8 heteroatoms. The van der Waals surface area contributed by atoms with Crippen molar-refractivity contribution in [3.63, 3.8) is 0 Å². The van der Waals surface area contributed by atoms with Crippen LogP contribution >= 0.6 is 0 Å². The van der Waals surface area contributed by atoms with Crippen molar-refractivity contribution >= 4 is 16.8 Å². The molecule has 0 aliphatic carbocycles. The third-order valence-electron chi connectivity index (χ3n) is 5.57. The molecule has 0 radical (unpaired) electrons. The number of primary amides is 1. The van der Waals surface area contributed by atoms with Crippen LogP contribution in [0.2, 0.25) is 0 Å². The summed E-state index contributed by atoms with van der Waals surface area (Å²) in [5.74, 6) is 0.0804. The maximum absolute atomic E-state index is 13.4. The first-order chi connectivity index (χ1) is 17.1. The molecular formula is C27H23N5O3. The van der Waals surface area contributed by atoms with E-state index in [1.165, 1.54) is 0 Å². The van der Waals surface area contributed by atoms with Crippen LogP contribution in [-0.2, 0) is 11.3 Å². The number of benzene rings is 3. The average Bonchev–Trinajstić information content (AvgIpc) is 3.28. The fourth-order valence-corrected chi connectivity index (χ4v) is 4.08. The van der Waals surface area contributed by atoms with E-state index < -0.39 is 11.5 Å². The number of ether oxygens (including phenoxy) is 1. The van der Waals surface area contributed by atoms with E-state index in [-0.39, 0.29) is 12.1 Å². The molecule has 0 aliphatic heterocycles. The molecule has 5 rings (SSSR count). The van der Waals surface area contributed by atoms with Crippen molar-refractivity contribution in [2.75, 3.05) is 6.61 Å². The van der Waals surface area contributed by atoms with Gasteiger partial charge in [-0.1, -0.05) is 60.7 Å². The van der Waals surface area contributed by atoms with Crippen LogP contribution in [0.1, 0.15) is 6.92 Å². The van der Waals surface area contributed by atoms with Crippen LogP contribution in [0.15, 0.2) is 89.7 Å². The van der Waals surface area contributed by atoms with Gasteiger partial charge < -0.3 is 10.5 Å². The number of fused-ring (bicyclic) bond motifs is 1. The van der Waals surface area contributed by atoms with Crippen LogP contribution in [0, 0.1) is 0 Å². The van der Waals surface area contributed by atoms with E-state index >= 15 is 0 Å². The van der Waals surface area contributed by atoms with Gasteiger partial charge in [0, 0.05) is 11.1 Å². The highest BCUT2D eigenvalue weighted by Crippen LogP contribution is 2.35. The fraction of sp³-hybridized carbons (Fsp3) is 0.111. The van der Waals surface area contributed by atoms with Gasteiger partial charge in [0.25, 0.3) is 5.56 Å². The molecule has 0 aliphatic rings. The molecule has 0 saturated carbocycles. The monoisotopic (exact) mass is 465 g/mol. The molecule has 0 atom stereocenters. The number of aromatic nitrogens is 4. The molecule has 0 spiro atoms. The maximum atomic E-state index is 13.4. The van der Waals surface area contributed by atoms with Crippen LogP contribution in [0.5, 0.6) is 5.75 Å². The lowest BCUT2D eigenvalue weighted by Gasteiger charge is -2.11. The Kier molecular flexibility index (Phi) is 5.85. The maximum Gasteiger partial charge on any atom is 0.295 e. The van der Waals surface area contributed by atoms with Crippen LogP contribution in [0.3, 0.4) is 0 Å². The predicted molar refractivity (Wildman–Crippen MR) is 134 cm³/mol. The van der Waals surface area contributed by atoms with Crippen LogP contribution in [0.25, 0.3) is 39.1 Å². The topological polar surface area (TPSA) is 105 Å². The summed E-state index contributed by atoms with van der Waals surface area (Å²) in [6.07, 6.45) is 0. The molecular weight excluding hydrogens is 442 g/mol. The molecule has 35 heavy (non-hydrogen) atoms. The third-order valence-corrected chi connectivity index (χ3v) is 5.57. The second-order valence-corrected chi connectivity index (χ2v) is 7.92. The number of nitrogens with zero attached hydrogens (tertiary/aromatic N) is 4. The summed E-state index contributed by atoms with van der Waals surface area (Å²) in [5, 5.41) is 9.91. The molecule has 8 nitrogen and oxygen atoms in total. The molecule has 3 aromatic carbocycles. The summed E-state index contributed by atoms with van der Waals surface area (Å²) in [7, 11) is 0. The second kappa shape index (κ2) is 9.26. The lowest BCUT2D eigenvalue weighted by atomic mass is 10.0. The highest BCUT2D eigenvalue weighted by molar-refractivity contribution is 6.02. The summed E-state index contributed by atoms with van der Waals surface area (Å²) in [6.45, 7) is 2.15. The zero-order valence-corrected chi connectivity index (χ0v) is 19.1. The Morgan fingerprint density at radius 2 is 1.51 bits per heavy atom. The second-order valence-electron chi connectivity index (χ2n) is 7.92. The standard InChI is InChI=1S/C27H23N5O3/c1-2-35-21-15-13-20(14-16-21)32-26(19-11-7-4-8-12-19)23-24(18-9-5-3-6-10-18)29-31(17-22(28)33)27(34)25(23)30-32/h3-16H,2,17H2,1H3,(H2,28,33). The third kappa shape index (κ3) is 4.17. The molecule has 0 unspecified atom stereocenters. The number of carbonyl (C=O) groups excluding carboxylic acids is 1. The molecule has 2 aromatic heterocycles. The zero-order chi connectivity index (χ0) is 24.4. The zero-order valence-electron chi connectivity index (χ0n) is 19.1. The minimum absolute atomic E-state index is 0.202. The first-order valence-corrected chi connectivity index (χ1v) is 11.2. The molecule has 2 N–H and O–H groups in total. The lowest BCUT2D eigenvalue weighted by molar-refractivity contribution is -0.118. The number of nitrogens with two attached hydrogens (primary N) is 1. The fourth-order valence-electron chi connectivity index (χ4n) is 4.08. The van der Waals surface area contributed by atoms with Gasteiger partial charge in [-0.25, -0.2) is 9.36 Å². The predicted octanol–water partition coefficient (Wildman–Crippen LogP) is 3.80. The van der Waals surface area contributed by atoms with Crippen molar-refractivity contribution in [1.82, 2.24) is 19.6 Å². The van der Waals surface area contributed by atoms with E-state index in [9.17, 15) is 9.59 Å². The lowest BCUT2D eigenvalue weighted by Crippen LogP contribution is -2.30. The van der Waals surface area contributed by atoms with Gasteiger partial charge in [-0.3, -0.25) is 9.59 Å². The van der Waals surface area contributed by atoms with E-state index in [1.54, 1.807) is 4.68 Å².